The minimum absolute atomic E-state index is 0. The Morgan fingerprint density at radius 3 is 2.40 bits per heavy atom. The number of hydrogen-bond acceptors (Lipinski definition) is 0. The fourth-order valence-corrected chi connectivity index (χ4v) is 4.80. The molecule has 0 spiro atoms. The Morgan fingerprint density at radius 2 is 1.72 bits per heavy atom. The third kappa shape index (κ3) is 4.27. The molecular weight excluding hydrogens is 562 g/mol. The van der Waals surface area contributed by atoms with Gasteiger partial charge in [-0.2, -0.15) is 0 Å². The van der Waals surface area contributed by atoms with Crippen LogP contribution in [0.4, 0.5) is 0 Å². The molecule has 2 aliphatic carbocycles. The molecule has 0 bridgehead atoms. The Balaban J connectivity index is 0.00000104. The van der Waals surface area contributed by atoms with Crippen molar-refractivity contribution in [1.82, 2.24) is 0 Å². The molecule has 0 saturated carbocycles. The third-order valence-corrected chi connectivity index (χ3v) is 6.00. The summed E-state index contributed by atoms with van der Waals surface area (Å²) < 4.78 is 2.40. The predicted molar refractivity (Wildman–Crippen MR) is 100 cm³/mol. The maximum Gasteiger partial charge on any atom is 2.00 e. The predicted octanol–water partition coefficient (Wildman–Crippen LogP) is 0.778. The number of hydrogen-bond donors (Lipinski definition) is 0. The zero-order valence-electron chi connectivity index (χ0n) is 13.6. The van der Waals surface area contributed by atoms with E-state index in [2.05, 4.69) is 87.3 Å². The van der Waals surface area contributed by atoms with Gasteiger partial charge in [-0.3, -0.25) is 0 Å². The van der Waals surface area contributed by atoms with Gasteiger partial charge in [-0.15, -0.1) is 0 Å². The molecule has 0 aliphatic heterocycles. The maximum absolute atomic E-state index is 3.80. The second-order valence-corrected chi connectivity index (χ2v) is 7.83. The molecule has 0 heterocycles. The Hall–Kier alpha value is 0.343. The van der Waals surface area contributed by atoms with Crippen LogP contribution in [0.1, 0.15) is 36.0 Å². The Kier molecular flexibility index (Phi) is 8.90. The van der Waals surface area contributed by atoms with Gasteiger partial charge in [-0.1, -0.05) is 74.7 Å². The summed E-state index contributed by atoms with van der Waals surface area (Å²) in [6.45, 7) is 2.33. The fraction of sp³-hybridized carbons (Fsp3) is 0.200. The van der Waals surface area contributed by atoms with Gasteiger partial charge in [-0.05, 0) is 58.9 Å². The van der Waals surface area contributed by atoms with Gasteiger partial charge >= 0.3 is 26.2 Å². The minimum atomic E-state index is 0. The molecule has 4 rings (SSSR count). The molecule has 1 unspecified atom stereocenters. The monoisotopic (exact) mass is 574 g/mol. The summed E-state index contributed by atoms with van der Waals surface area (Å²) in [5.74, 6) is 0.456. The van der Waals surface area contributed by atoms with Crippen molar-refractivity contribution < 1.29 is 51.0 Å². The van der Waals surface area contributed by atoms with Crippen LogP contribution in [0.3, 0.4) is 0 Å². The SMILES string of the molecule is CC(C1=CC=CC1)c1c(Br)ccc2c1Cc1cc(Br)ccc1-2.[Cl-].[Cl-].[Zr+2]. The Bertz CT molecular complexity index is 844. The van der Waals surface area contributed by atoms with E-state index in [1.54, 1.807) is 0 Å². The van der Waals surface area contributed by atoms with Gasteiger partial charge in [0.15, 0.2) is 0 Å². The summed E-state index contributed by atoms with van der Waals surface area (Å²) in [6, 6.07) is 11.1. The zero-order chi connectivity index (χ0) is 15.3. The summed E-state index contributed by atoms with van der Waals surface area (Å²) >= 11 is 7.40. The van der Waals surface area contributed by atoms with Crippen molar-refractivity contribution in [3.63, 3.8) is 0 Å². The van der Waals surface area contributed by atoms with Crippen LogP contribution >= 0.6 is 31.9 Å². The normalized spacial score (nSPS) is 14.4. The number of rotatable bonds is 2. The van der Waals surface area contributed by atoms with Gasteiger partial charge in [-0.25, -0.2) is 0 Å². The molecule has 0 fully saturated rings. The first-order chi connectivity index (χ1) is 10.6. The molecule has 2 aliphatic rings. The molecule has 0 nitrogen and oxygen atoms in total. The van der Waals surface area contributed by atoms with Crippen molar-refractivity contribution in [2.24, 2.45) is 0 Å². The van der Waals surface area contributed by atoms with Crippen molar-refractivity contribution in [3.05, 3.63) is 79.8 Å². The van der Waals surface area contributed by atoms with Crippen LogP contribution < -0.4 is 24.8 Å². The molecule has 1 atom stereocenters. The third-order valence-electron chi connectivity index (χ3n) is 4.82. The van der Waals surface area contributed by atoms with Gasteiger partial charge in [0.2, 0.25) is 0 Å². The number of fused-ring (bicyclic) bond motifs is 3. The summed E-state index contributed by atoms with van der Waals surface area (Å²) in [6.07, 6.45) is 8.80. The van der Waals surface area contributed by atoms with E-state index in [4.69, 9.17) is 0 Å². The van der Waals surface area contributed by atoms with Crippen LogP contribution in [0.15, 0.2) is 63.1 Å². The smallest absolute Gasteiger partial charge is 1.00 e. The van der Waals surface area contributed by atoms with E-state index in [0.29, 0.717) is 5.92 Å². The fourth-order valence-electron chi connectivity index (χ4n) is 3.68. The topological polar surface area (TPSA) is 0 Å². The first-order valence-electron chi connectivity index (χ1n) is 7.61. The molecule has 25 heavy (non-hydrogen) atoms. The van der Waals surface area contributed by atoms with E-state index in [-0.39, 0.29) is 51.0 Å². The van der Waals surface area contributed by atoms with Crippen molar-refractivity contribution in [1.29, 1.82) is 0 Å². The zero-order valence-corrected chi connectivity index (χ0v) is 20.8. The molecule has 0 N–H and O–H groups in total. The molecule has 0 saturated heterocycles. The summed E-state index contributed by atoms with van der Waals surface area (Å²) in [4.78, 5) is 0. The maximum atomic E-state index is 3.80. The largest absolute Gasteiger partial charge is 2.00 e. The average molecular weight is 578 g/mol. The van der Waals surface area contributed by atoms with Gasteiger partial charge in [0.1, 0.15) is 0 Å². The van der Waals surface area contributed by atoms with Crippen molar-refractivity contribution >= 4 is 31.9 Å². The number of halogens is 4. The minimum Gasteiger partial charge on any atom is -1.00 e. The molecule has 0 radical (unpaired) electrons. The number of benzene rings is 2. The van der Waals surface area contributed by atoms with E-state index in [1.807, 2.05) is 0 Å². The Labute approximate surface area is 197 Å². The van der Waals surface area contributed by atoms with E-state index < -0.39 is 0 Å². The van der Waals surface area contributed by atoms with Crippen LogP contribution in [-0.2, 0) is 32.6 Å². The van der Waals surface area contributed by atoms with Gasteiger partial charge < -0.3 is 24.8 Å². The molecule has 2 aromatic carbocycles. The quantitative estimate of drug-likeness (QED) is 0.422. The summed E-state index contributed by atoms with van der Waals surface area (Å²) in [5, 5.41) is 0. The van der Waals surface area contributed by atoms with E-state index in [9.17, 15) is 0 Å². The molecule has 0 aromatic heterocycles. The second kappa shape index (κ2) is 9.51. The van der Waals surface area contributed by atoms with Crippen molar-refractivity contribution in [2.75, 3.05) is 0 Å². The molecule has 2 aromatic rings. The average Bonchev–Trinajstić information content (AvgIpc) is 3.13. The van der Waals surface area contributed by atoms with Crippen LogP contribution in [0, 0.1) is 0 Å². The van der Waals surface area contributed by atoms with Crippen molar-refractivity contribution in [2.45, 2.75) is 25.7 Å². The molecular formula is C20H16Br2Cl2Zr. The van der Waals surface area contributed by atoms with E-state index >= 15 is 0 Å². The molecule has 0 amide bonds. The van der Waals surface area contributed by atoms with Gasteiger partial charge in [0.05, 0.1) is 0 Å². The molecule has 128 valence electrons. The number of allylic oxidation sites excluding steroid dienone is 4. The van der Waals surface area contributed by atoms with E-state index in [1.165, 1.54) is 37.9 Å². The van der Waals surface area contributed by atoms with Crippen LogP contribution in [0.5, 0.6) is 0 Å². The Morgan fingerprint density at radius 1 is 1.00 bits per heavy atom. The second-order valence-electron chi connectivity index (χ2n) is 6.06. The van der Waals surface area contributed by atoms with Crippen molar-refractivity contribution in [3.8, 4) is 11.1 Å². The first-order valence-corrected chi connectivity index (χ1v) is 9.19. The molecule has 5 heteroatoms. The van der Waals surface area contributed by atoms with Crippen LogP contribution in [0.2, 0.25) is 0 Å². The van der Waals surface area contributed by atoms with Crippen LogP contribution in [0.25, 0.3) is 11.1 Å². The first kappa shape index (κ1) is 23.4. The summed E-state index contributed by atoms with van der Waals surface area (Å²) in [7, 11) is 0. The summed E-state index contributed by atoms with van der Waals surface area (Å²) in [5.41, 5.74) is 8.67. The van der Waals surface area contributed by atoms with Gasteiger partial charge in [0.25, 0.3) is 0 Å². The van der Waals surface area contributed by atoms with Gasteiger partial charge in [0, 0.05) is 14.9 Å². The van der Waals surface area contributed by atoms with E-state index in [0.717, 1.165) is 17.3 Å². The van der Waals surface area contributed by atoms with Crippen LogP contribution in [-0.4, -0.2) is 0 Å². The standard InChI is InChI=1S/C20H16Br2.2ClH.Zr/c1-12(13-4-2-3-5-13)20-18-11-14-10-15(21)6-7-16(14)17(18)8-9-19(20)22;;;/h2-4,6-10,12H,5,11H2,1H3;2*1H;/q;;;+2/p-2.